The Morgan fingerprint density at radius 3 is 2.24 bits per heavy atom. The van der Waals surface area contributed by atoms with Gasteiger partial charge in [0, 0.05) is 26.2 Å². The van der Waals surface area contributed by atoms with Crippen LogP contribution >= 0.6 is 0 Å². The molecule has 0 spiro atoms. The summed E-state index contributed by atoms with van der Waals surface area (Å²) in [7, 11) is 0. The molecule has 0 bridgehead atoms. The zero-order valence-electron chi connectivity index (χ0n) is 19.5. The van der Waals surface area contributed by atoms with Gasteiger partial charge < -0.3 is 15.4 Å². The Labute approximate surface area is 201 Å². The molecular formula is C27H32N4O3. The zero-order chi connectivity index (χ0) is 23.9. The molecule has 1 saturated heterocycles. The van der Waals surface area contributed by atoms with E-state index >= 15 is 0 Å². The summed E-state index contributed by atoms with van der Waals surface area (Å²) in [4.78, 5) is 28.4. The molecule has 1 aliphatic carbocycles. The fourth-order valence-corrected chi connectivity index (χ4v) is 4.90. The van der Waals surface area contributed by atoms with E-state index < -0.39 is 17.2 Å². The van der Waals surface area contributed by atoms with Crippen molar-refractivity contribution in [2.45, 2.75) is 62.8 Å². The number of nitrogens with zero attached hydrogens (tertiary/aromatic N) is 2. The number of ether oxygens (including phenoxy) is 1. The molecule has 1 unspecified atom stereocenters. The minimum absolute atomic E-state index is 0.327. The number of benzene rings is 2. The first-order valence-corrected chi connectivity index (χ1v) is 12.0. The molecule has 7 nitrogen and oxygen atoms in total. The highest BCUT2D eigenvalue weighted by atomic mass is 16.6. The van der Waals surface area contributed by atoms with E-state index in [2.05, 4.69) is 33.7 Å². The highest BCUT2D eigenvalue weighted by Crippen LogP contribution is 2.34. The van der Waals surface area contributed by atoms with Gasteiger partial charge in [-0.15, -0.1) is 0 Å². The molecule has 2 amide bonds. The predicted molar refractivity (Wildman–Crippen MR) is 128 cm³/mol. The number of carbonyl (C=O) groups excluding carboxylic acids is 2. The molecular weight excluding hydrogens is 428 g/mol. The van der Waals surface area contributed by atoms with Gasteiger partial charge in [-0.2, -0.15) is 5.26 Å². The lowest BCUT2D eigenvalue weighted by Gasteiger charge is -2.37. The Hall–Kier alpha value is -3.37. The summed E-state index contributed by atoms with van der Waals surface area (Å²) in [5.74, 6) is -0.356. The standard InChI is InChI=1S/C27H32N4O3/c28-20-26(16-17-31(21-26)19-23-12-6-2-7-13-23)30-24(32)27(14-8-3-9-15-27)34-25(33)29-18-22-10-4-1-5-11-22/h1-2,4-7,10-13H,3,8-9,14-19,21H2,(H,29,33)(H,30,32). The lowest BCUT2D eigenvalue weighted by atomic mass is 9.83. The van der Waals surface area contributed by atoms with E-state index in [0.29, 0.717) is 38.9 Å². The largest absolute Gasteiger partial charge is 0.433 e. The minimum Gasteiger partial charge on any atom is -0.433 e. The second-order valence-electron chi connectivity index (χ2n) is 9.38. The molecule has 178 valence electrons. The topological polar surface area (TPSA) is 94.5 Å². The van der Waals surface area contributed by atoms with Crippen LogP contribution in [0.25, 0.3) is 0 Å². The van der Waals surface area contributed by atoms with Gasteiger partial charge in [-0.1, -0.05) is 67.1 Å². The van der Waals surface area contributed by atoms with E-state index in [1.807, 2.05) is 48.5 Å². The number of hydrogen-bond donors (Lipinski definition) is 2. The first kappa shape index (κ1) is 23.8. The van der Waals surface area contributed by atoms with E-state index in [9.17, 15) is 14.9 Å². The SMILES string of the molecule is N#CC1(NC(=O)C2(OC(=O)NCc3ccccc3)CCCCC2)CCN(Cc2ccccc2)C1. The minimum atomic E-state index is -1.24. The fraction of sp³-hybridized carbons (Fsp3) is 0.444. The van der Waals surface area contributed by atoms with Crippen LogP contribution in [0.1, 0.15) is 49.7 Å². The summed E-state index contributed by atoms with van der Waals surface area (Å²) in [6, 6.07) is 22.0. The molecule has 1 atom stereocenters. The molecule has 2 N–H and O–H groups in total. The average molecular weight is 461 g/mol. The Morgan fingerprint density at radius 2 is 1.59 bits per heavy atom. The number of alkyl carbamates (subject to hydrolysis) is 1. The van der Waals surface area contributed by atoms with Gasteiger partial charge >= 0.3 is 6.09 Å². The third-order valence-electron chi connectivity index (χ3n) is 6.81. The number of hydrogen-bond acceptors (Lipinski definition) is 5. The van der Waals surface area contributed by atoms with Gasteiger partial charge in [-0.25, -0.2) is 4.79 Å². The van der Waals surface area contributed by atoms with Crippen LogP contribution in [0.5, 0.6) is 0 Å². The number of carbonyl (C=O) groups is 2. The van der Waals surface area contributed by atoms with Crippen molar-refractivity contribution in [3.8, 4) is 6.07 Å². The quantitative estimate of drug-likeness (QED) is 0.654. The summed E-state index contributed by atoms with van der Waals surface area (Å²) in [6.07, 6.45) is 3.47. The number of likely N-dealkylation sites (tertiary alicyclic amines) is 1. The first-order valence-electron chi connectivity index (χ1n) is 12.0. The molecule has 2 aromatic rings. The van der Waals surface area contributed by atoms with E-state index in [1.54, 1.807) is 0 Å². The molecule has 2 aliphatic rings. The van der Waals surface area contributed by atoms with E-state index in [1.165, 1.54) is 5.56 Å². The van der Waals surface area contributed by atoms with Crippen molar-refractivity contribution in [1.29, 1.82) is 5.26 Å². The smallest absolute Gasteiger partial charge is 0.408 e. The third kappa shape index (κ3) is 5.75. The lowest BCUT2D eigenvalue weighted by molar-refractivity contribution is -0.145. The van der Waals surface area contributed by atoms with Crippen LogP contribution in [-0.4, -0.2) is 41.1 Å². The number of nitriles is 1. The van der Waals surface area contributed by atoms with Crippen molar-refractivity contribution in [2.24, 2.45) is 0 Å². The van der Waals surface area contributed by atoms with Crippen LogP contribution in [0.3, 0.4) is 0 Å². The Morgan fingerprint density at radius 1 is 0.941 bits per heavy atom. The molecule has 7 heteroatoms. The van der Waals surface area contributed by atoms with Crippen LogP contribution in [0.2, 0.25) is 0 Å². The zero-order valence-corrected chi connectivity index (χ0v) is 19.5. The third-order valence-corrected chi connectivity index (χ3v) is 6.81. The van der Waals surface area contributed by atoms with Gasteiger partial charge in [0.2, 0.25) is 0 Å². The molecule has 4 rings (SSSR count). The molecule has 34 heavy (non-hydrogen) atoms. The van der Waals surface area contributed by atoms with Crippen molar-refractivity contribution in [3.63, 3.8) is 0 Å². The Kier molecular flexibility index (Phi) is 7.49. The van der Waals surface area contributed by atoms with Gasteiger partial charge in [-0.05, 0) is 43.2 Å². The maximum absolute atomic E-state index is 13.5. The second-order valence-corrected chi connectivity index (χ2v) is 9.38. The first-order chi connectivity index (χ1) is 16.5. The van der Waals surface area contributed by atoms with E-state index in [4.69, 9.17) is 4.74 Å². The highest BCUT2D eigenvalue weighted by Gasteiger charge is 2.48. The van der Waals surface area contributed by atoms with Crippen molar-refractivity contribution >= 4 is 12.0 Å². The van der Waals surface area contributed by atoms with Crippen LogP contribution in [0.15, 0.2) is 60.7 Å². The van der Waals surface area contributed by atoms with E-state index in [0.717, 1.165) is 31.4 Å². The summed E-state index contributed by atoms with van der Waals surface area (Å²) in [5, 5.41) is 15.8. The van der Waals surface area contributed by atoms with Crippen molar-refractivity contribution in [2.75, 3.05) is 13.1 Å². The normalized spacial score (nSPS) is 21.9. The van der Waals surface area contributed by atoms with E-state index in [-0.39, 0.29) is 5.91 Å². The second kappa shape index (κ2) is 10.7. The Balaban J connectivity index is 1.40. The summed E-state index contributed by atoms with van der Waals surface area (Å²) in [6.45, 7) is 2.21. The molecule has 1 heterocycles. The van der Waals surface area contributed by atoms with Gasteiger partial charge in [0.1, 0.15) is 5.54 Å². The molecule has 1 saturated carbocycles. The van der Waals surface area contributed by atoms with Crippen LogP contribution < -0.4 is 10.6 Å². The molecule has 0 radical (unpaired) electrons. The van der Waals surface area contributed by atoms with Gasteiger partial charge in [0.05, 0.1) is 6.07 Å². The highest BCUT2D eigenvalue weighted by molar-refractivity contribution is 5.88. The van der Waals surface area contributed by atoms with Crippen LogP contribution in [0.4, 0.5) is 4.79 Å². The van der Waals surface area contributed by atoms with Gasteiger partial charge in [0.15, 0.2) is 5.60 Å². The van der Waals surface area contributed by atoms with Crippen molar-refractivity contribution in [1.82, 2.24) is 15.5 Å². The van der Waals surface area contributed by atoms with Crippen molar-refractivity contribution in [3.05, 3.63) is 71.8 Å². The van der Waals surface area contributed by atoms with Crippen LogP contribution in [-0.2, 0) is 22.6 Å². The number of amides is 2. The van der Waals surface area contributed by atoms with Gasteiger partial charge in [0.25, 0.3) is 5.91 Å². The fourth-order valence-electron chi connectivity index (χ4n) is 4.90. The molecule has 2 fully saturated rings. The predicted octanol–water partition coefficient (Wildman–Crippen LogP) is 3.90. The number of rotatable bonds is 7. The average Bonchev–Trinajstić information content (AvgIpc) is 3.27. The summed E-state index contributed by atoms with van der Waals surface area (Å²) < 4.78 is 5.80. The molecule has 1 aliphatic heterocycles. The summed E-state index contributed by atoms with van der Waals surface area (Å²) >= 11 is 0. The lowest BCUT2D eigenvalue weighted by Crippen LogP contribution is -2.59. The van der Waals surface area contributed by atoms with Gasteiger partial charge in [-0.3, -0.25) is 9.69 Å². The monoisotopic (exact) mass is 460 g/mol. The maximum Gasteiger partial charge on any atom is 0.408 e. The molecule has 2 aromatic carbocycles. The van der Waals surface area contributed by atoms with Crippen LogP contribution in [0, 0.1) is 11.3 Å². The summed E-state index contributed by atoms with van der Waals surface area (Å²) in [5.41, 5.74) is -0.102. The maximum atomic E-state index is 13.5. The molecule has 0 aromatic heterocycles. The number of nitrogens with one attached hydrogen (secondary N) is 2. The Bertz CT molecular complexity index is 1020. The van der Waals surface area contributed by atoms with Crippen molar-refractivity contribution < 1.29 is 14.3 Å².